The highest BCUT2D eigenvalue weighted by molar-refractivity contribution is 6.35. The molecule has 3 nitrogen and oxygen atoms in total. The van der Waals surface area contributed by atoms with Crippen LogP contribution in [0.2, 0.25) is 5.02 Å². The molecule has 0 saturated heterocycles. The van der Waals surface area contributed by atoms with Gasteiger partial charge >= 0.3 is 0 Å². The minimum Gasteiger partial charge on any atom is -0.495 e. The van der Waals surface area contributed by atoms with Gasteiger partial charge < -0.3 is 4.74 Å². The van der Waals surface area contributed by atoms with Crippen molar-refractivity contribution in [1.29, 1.82) is 0 Å². The lowest BCUT2D eigenvalue weighted by Crippen LogP contribution is -2.03. The number of ketones is 1. The van der Waals surface area contributed by atoms with Gasteiger partial charge in [-0.3, -0.25) is 9.78 Å². The van der Waals surface area contributed by atoms with Crippen molar-refractivity contribution in [2.24, 2.45) is 0 Å². The van der Waals surface area contributed by atoms with Gasteiger partial charge in [-0.2, -0.15) is 0 Å². The van der Waals surface area contributed by atoms with Crippen LogP contribution in [0.5, 0.6) is 5.75 Å². The monoisotopic (exact) mass is 261 g/mol. The van der Waals surface area contributed by atoms with E-state index in [1.165, 1.54) is 13.3 Å². The molecule has 18 heavy (non-hydrogen) atoms. The average molecular weight is 262 g/mol. The standard InChI is InChI=1S/C14H12ClNO2/c1-9-3-4-12(13(15)5-9)14(17)10-6-11(18-2)8-16-7-10/h3-8H,1-2H3. The molecule has 0 spiro atoms. The number of nitrogens with zero attached hydrogens (tertiary/aromatic N) is 1. The summed E-state index contributed by atoms with van der Waals surface area (Å²) in [4.78, 5) is 16.2. The van der Waals surface area contributed by atoms with E-state index in [4.69, 9.17) is 16.3 Å². The molecule has 0 aliphatic carbocycles. The lowest BCUT2D eigenvalue weighted by Gasteiger charge is -2.05. The number of benzene rings is 1. The van der Waals surface area contributed by atoms with Crippen molar-refractivity contribution in [2.75, 3.05) is 7.11 Å². The zero-order chi connectivity index (χ0) is 13.1. The summed E-state index contributed by atoms with van der Waals surface area (Å²) in [6.45, 7) is 1.92. The number of ether oxygens (including phenoxy) is 1. The fourth-order valence-electron chi connectivity index (χ4n) is 1.61. The zero-order valence-corrected chi connectivity index (χ0v) is 10.9. The molecular weight excluding hydrogens is 250 g/mol. The molecule has 0 aliphatic rings. The molecule has 0 bridgehead atoms. The normalized spacial score (nSPS) is 10.2. The summed E-state index contributed by atoms with van der Waals surface area (Å²) in [5.74, 6) is 0.385. The Hall–Kier alpha value is -1.87. The summed E-state index contributed by atoms with van der Waals surface area (Å²) < 4.78 is 5.04. The second kappa shape index (κ2) is 5.19. The first-order valence-corrected chi connectivity index (χ1v) is 5.79. The van der Waals surface area contributed by atoms with E-state index in [-0.39, 0.29) is 5.78 Å². The van der Waals surface area contributed by atoms with E-state index in [9.17, 15) is 4.79 Å². The molecule has 1 aromatic heterocycles. The van der Waals surface area contributed by atoms with E-state index in [1.807, 2.05) is 13.0 Å². The van der Waals surface area contributed by atoms with Crippen molar-refractivity contribution in [3.8, 4) is 5.75 Å². The van der Waals surface area contributed by atoms with E-state index >= 15 is 0 Å². The molecule has 0 unspecified atom stereocenters. The lowest BCUT2D eigenvalue weighted by molar-refractivity contribution is 0.103. The number of carbonyl (C=O) groups excluding carboxylic acids is 1. The minimum absolute atomic E-state index is 0.161. The number of aryl methyl sites for hydroxylation is 1. The number of halogens is 1. The fourth-order valence-corrected chi connectivity index (χ4v) is 1.94. The molecular formula is C14H12ClNO2. The molecule has 0 aliphatic heterocycles. The molecule has 4 heteroatoms. The zero-order valence-electron chi connectivity index (χ0n) is 10.1. The first-order chi connectivity index (χ1) is 8.61. The van der Waals surface area contributed by atoms with E-state index in [2.05, 4.69) is 4.98 Å². The molecule has 0 saturated carbocycles. The first-order valence-electron chi connectivity index (χ1n) is 5.41. The van der Waals surface area contributed by atoms with Crippen LogP contribution < -0.4 is 4.74 Å². The Bertz CT molecular complexity index is 596. The molecule has 0 fully saturated rings. The Kier molecular flexibility index (Phi) is 3.63. The Morgan fingerprint density at radius 2 is 2.06 bits per heavy atom. The summed E-state index contributed by atoms with van der Waals surface area (Å²) in [5, 5.41) is 0.447. The van der Waals surface area contributed by atoms with Gasteiger partial charge in [-0.05, 0) is 30.7 Å². The van der Waals surface area contributed by atoms with Crippen LogP contribution >= 0.6 is 11.6 Å². The van der Waals surface area contributed by atoms with Crippen LogP contribution in [0, 0.1) is 6.92 Å². The van der Waals surface area contributed by atoms with Gasteiger partial charge in [-0.15, -0.1) is 0 Å². The van der Waals surface area contributed by atoms with Crippen LogP contribution in [-0.4, -0.2) is 17.9 Å². The van der Waals surface area contributed by atoms with Crippen molar-refractivity contribution in [3.05, 3.63) is 58.4 Å². The van der Waals surface area contributed by atoms with Gasteiger partial charge in [0.1, 0.15) is 5.75 Å². The van der Waals surface area contributed by atoms with Gasteiger partial charge in [0, 0.05) is 17.3 Å². The van der Waals surface area contributed by atoms with E-state index in [0.717, 1.165) is 5.56 Å². The maximum Gasteiger partial charge on any atom is 0.196 e. The van der Waals surface area contributed by atoms with Crippen molar-refractivity contribution < 1.29 is 9.53 Å². The number of hydrogen-bond acceptors (Lipinski definition) is 3. The topological polar surface area (TPSA) is 39.2 Å². The number of aromatic nitrogens is 1. The number of methoxy groups -OCH3 is 1. The van der Waals surface area contributed by atoms with Crippen LogP contribution in [0.25, 0.3) is 0 Å². The molecule has 2 rings (SSSR count). The second-order valence-corrected chi connectivity index (χ2v) is 4.33. The predicted octanol–water partition coefficient (Wildman–Crippen LogP) is 3.28. The van der Waals surface area contributed by atoms with Gasteiger partial charge in [-0.25, -0.2) is 0 Å². The summed E-state index contributed by atoms with van der Waals surface area (Å²) in [6, 6.07) is 6.99. The molecule has 1 aromatic carbocycles. The minimum atomic E-state index is -0.161. The maximum atomic E-state index is 12.3. The van der Waals surface area contributed by atoms with Gasteiger partial charge in [0.25, 0.3) is 0 Å². The van der Waals surface area contributed by atoms with Crippen LogP contribution in [-0.2, 0) is 0 Å². The molecule has 1 heterocycles. The number of hydrogen-bond donors (Lipinski definition) is 0. The van der Waals surface area contributed by atoms with Crippen molar-refractivity contribution >= 4 is 17.4 Å². The molecule has 0 amide bonds. The van der Waals surface area contributed by atoms with Crippen molar-refractivity contribution in [1.82, 2.24) is 4.98 Å². The van der Waals surface area contributed by atoms with Crippen molar-refractivity contribution in [3.63, 3.8) is 0 Å². The Balaban J connectivity index is 2.41. The third-order valence-corrected chi connectivity index (χ3v) is 2.89. The second-order valence-electron chi connectivity index (χ2n) is 3.93. The highest BCUT2D eigenvalue weighted by atomic mass is 35.5. The Labute approximate surface area is 110 Å². The van der Waals surface area contributed by atoms with E-state index in [1.54, 1.807) is 24.4 Å². The SMILES string of the molecule is COc1cncc(C(=O)c2ccc(C)cc2Cl)c1. The molecule has 0 atom stereocenters. The van der Waals surface area contributed by atoms with E-state index < -0.39 is 0 Å². The number of carbonyl (C=O) groups is 1. The van der Waals surface area contributed by atoms with Gasteiger partial charge in [-0.1, -0.05) is 17.7 Å². The third-order valence-electron chi connectivity index (χ3n) is 2.58. The predicted molar refractivity (Wildman–Crippen MR) is 70.4 cm³/mol. The molecule has 0 radical (unpaired) electrons. The first kappa shape index (κ1) is 12.6. The van der Waals surface area contributed by atoms with Crippen LogP contribution in [0.15, 0.2) is 36.7 Å². The van der Waals surface area contributed by atoms with Crippen molar-refractivity contribution in [2.45, 2.75) is 6.92 Å². The largest absolute Gasteiger partial charge is 0.495 e. The summed E-state index contributed by atoms with van der Waals surface area (Å²) in [5.41, 5.74) is 1.94. The summed E-state index contributed by atoms with van der Waals surface area (Å²) in [6.07, 6.45) is 3.05. The Morgan fingerprint density at radius 1 is 1.28 bits per heavy atom. The maximum absolute atomic E-state index is 12.3. The quantitative estimate of drug-likeness (QED) is 0.796. The molecule has 0 N–H and O–H groups in total. The van der Waals surface area contributed by atoms with Crippen LogP contribution in [0.3, 0.4) is 0 Å². The average Bonchev–Trinajstić information content (AvgIpc) is 2.38. The van der Waals surface area contributed by atoms with Crippen LogP contribution in [0.1, 0.15) is 21.5 Å². The summed E-state index contributed by atoms with van der Waals surface area (Å²) >= 11 is 6.08. The molecule has 92 valence electrons. The number of pyridine rings is 1. The van der Waals surface area contributed by atoms with Gasteiger partial charge in [0.2, 0.25) is 0 Å². The smallest absolute Gasteiger partial charge is 0.196 e. The van der Waals surface area contributed by atoms with Gasteiger partial charge in [0.05, 0.1) is 18.3 Å². The van der Waals surface area contributed by atoms with Crippen LogP contribution in [0.4, 0.5) is 0 Å². The Morgan fingerprint density at radius 3 is 2.72 bits per heavy atom. The lowest BCUT2D eigenvalue weighted by atomic mass is 10.0. The summed E-state index contributed by atoms with van der Waals surface area (Å²) in [7, 11) is 1.53. The van der Waals surface area contributed by atoms with Gasteiger partial charge in [0.15, 0.2) is 5.78 Å². The highest BCUT2D eigenvalue weighted by Gasteiger charge is 2.13. The highest BCUT2D eigenvalue weighted by Crippen LogP contribution is 2.22. The number of rotatable bonds is 3. The fraction of sp³-hybridized carbons (Fsp3) is 0.143. The molecule has 2 aromatic rings. The van der Waals surface area contributed by atoms with E-state index in [0.29, 0.717) is 21.9 Å². The third kappa shape index (κ3) is 2.51.